The van der Waals surface area contributed by atoms with Crippen LogP contribution in [0.1, 0.15) is 38.9 Å². The second-order valence-corrected chi connectivity index (χ2v) is 12.5. The molecule has 3 nitrogen and oxygen atoms in total. The van der Waals surface area contributed by atoms with E-state index in [1.807, 2.05) is 6.07 Å². The lowest BCUT2D eigenvalue weighted by Gasteiger charge is -2.37. The van der Waals surface area contributed by atoms with Crippen molar-refractivity contribution < 1.29 is 13.9 Å². The van der Waals surface area contributed by atoms with Gasteiger partial charge in [-0.05, 0) is 23.7 Å². The highest BCUT2D eigenvalue weighted by Crippen LogP contribution is 2.39. The first kappa shape index (κ1) is 17.7. The van der Waals surface area contributed by atoms with Crippen LogP contribution in [-0.4, -0.2) is 34.2 Å². The normalized spacial score (nSPS) is 26.4. The van der Waals surface area contributed by atoms with Gasteiger partial charge in [-0.3, -0.25) is 0 Å². The molecule has 0 saturated carbocycles. The molecule has 1 aliphatic heterocycles. The average Bonchev–Trinajstić information content (AvgIpc) is 2.88. The molecule has 1 fully saturated rings. The summed E-state index contributed by atoms with van der Waals surface area (Å²) >= 11 is 0. The Hall–Kier alpha value is -0.683. The zero-order chi connectivity index (χ0) is 16.4. The summed E-state index contributed by atoms with van der Waals surface area (Å²) in [4.78, 5) is 0. The van der Waals surface area contributed by atoms with Gasteiger partial charge in [-0.15, -0.1) is 0 Å². The van der Waals surface area contributed by atoms with E-state index in [1.165, 1.54) is 5.56 Å². The van der Waals surface area contributed by atoms with E-state index in [9.17, 15) is 0 Å². The molecule has 0 aliphatic carbocycles. The summed E-state index contributed by atoms with van der Waals surface area (Å²) in [6, 6.07) is 10.4. The maximum Gasteiger partial charge on any atom is 0.192 e. The van der Waals surface area contributed by atoms with Crippen LogP contribution < -0.4 is 0 Å². The van der Waals surface area contributed by atoms with Crippen LogP contribution >= 0.6 is 0 Å². The van der Waals surface area contributed by atoms with Gasteiger partial charge in [-0.1, -0.05) is 51.1 Å². The lowest BCUT2D eigenvalue weighted by Crippen LogP contribution is -2.44. The number of methoxy groups -OCH3 is 1. The molecule has 0 spiro atoms. The summed E-state index contributed by atoms with van der Waals surface area (Å²) in [5, 5.41) is 0.215. The Labute approximate surface area is 136 Å². The molecule has 0 bridgehead atoms. The third-order valence-corrected chi connectivity index (χ3v) is 9.59. The van der Waals surface area contributed by atoms with Crippen molar-refractivity contribution in [3.8, 4) is 0 Å². The van der Waals surface area contributed by atoms with Gasteiger partial charge in [0.25, 0.3) is 0 Å². The van der Waals surface area contributed by atoms with Gasteiger partial charge in [0, 0.05) is 13.5 Å². The molecule has 1 aromatic rings. The summed E-state index contributed by atoms with van der Waals surface area (Å²) in [7, 11) is 0.0130. The van der Waals surface area contributed by atoms with Crippen molar-refractivity contribution in [3.63, 3.8) is 0 Å². The van der Waals surface area contributed by atoms with Crippen molar-refractivity contribution in [1.29, 1.82) is 0 Å². The topological polar surface area (TPSA) is 27.7 Å². The minimum atomic E-state index is -1.75. The fourth-order valence-corrected chi connectivity index (χ4v) is 3.51. The molecule has 2 rings (SSSR count). The van der Waals surface area contributed by atoms with Gasteiger partial charge in [0.1, 0.15) is 6.10 Å². The first-order valence-corrected chi connectivity index (χ1v) is 11.0. The van der Waals surface area contributed by atoms with Crippen molar-refractivity contribution in [1.82, 2.24) is 0 Å². The smallest absolute Gasteiger partial charge is 0.192 e. The lowest BCUT2D eigenvalue weighted by molar-refractivity contribution is -0.0316. The minimum absolute atomic E-state index is 0.0179. The molecule has 4 heteroatoms. The summed E-state index contributed by atoms with van der Waals surface area (Å²) in [5.74, 6) is 0. The number of rotatable bonds is 5. The number of hydrogen-bond donors (Lipinski definition) is 0. The van der Waals surface area contributed by atoms with Crippen molar-refractivity contribution in [2.24, 2.45) is 0 Å². The van der Waals surface area contributed by atoms with Gasteiger partial charge in [-0.25, -0.2) is 0 Å². The van der Waals surface area contributed by atoms with Crippen LogP contribution in [0.3, 0.4) is 0 Å². The van der Waals surface area contributed by atoms with Crippen LogP contribution in [0, 0.1) is 0 Å². The van der Waals surface area contributed by atoms with E-state index in [1.54, 1.807) is 7.11 Å². The fourth-order valence-electron chi connectivity index (χ4n) is 2.50. The van der Waals surface area contributed by atoms with E-state index in [0.717, 1.165) is 6.42 Å². The van der Waals surface area contributed by atoms with Gasteiger partial charge in [0.2, 0.25) is 0 Å². The minimum Gasteiger partial charge on any atom is -0.414 e. The van der Waals surface area contributed by atoms with E-state index in [0.29, 0.717) is 6.61 Å². The van der Waals surface area contributed by atoms with Crippen LogP contribution in [-0.2, 0) is 13.9 Å². The number of ether oxygens (including phenoxy) is 2. The highest BCUT2D eigenvalue weighted by Gasteiger charge is 2.41. The molecule has 0 unspecified atom stereocenters. The summed E-state index contributed by atoms with van der Waals surface area (Å²) in [6.07, 6.45) is 1.13. The molecule has 0 amide bonds. The van der Waals surface area contributed by atoms with Crippen molar-refractivity contribution in [2.75, 3.05) is 13.7 Å². The lowest BCUT2D eigenvalue weighted by atomic mass is 10.0. The molecule has 1 aromatic carbocycles. The first-order chi connectivity index (χ1) is 10.2. The van der Waals surface area contributed by atoms with Crippen molar-refractivity contribution in [3.05, 3.63) is 35.9 Å². The Morgan fingerprint density at radius 3 is 2.36 bits per heavy atom. The first-order valence-electron chi connectivity index (χ1n) is 8.12. The Kier molecular flexibility index (Phi) is 5.48. The Morgan fingerprint density at radius 1 is 1.18 bits per heavy atom. The van der Waals surface area contributed by atoms with E-state index < -0.39 is 8.32 Å². The molecular formula is C18H30O3Si. The van der Waals surface area contributed by atoms with E-state index in [-0.39, 0.29) is 23.4 Å². The van der Waals surface area contributed by atoms with Crippen LogP contribution in [0.4, 0.5) is 0 Å². The molecule has 0 radical (unpaired) electrons. The van der Waals surface area contributed by atoms with E-state index in [4.69, 9.17) is 13.9 Å². The van der Waals surface area contributed by atoms with Gasteiger partial charge >= 0.3 is 0 Å². The Balaban J connectivity index is 1.99. The third kappa shape index (κ3) is 3.99. The molecular weight excluding hydrogens is 292 g/mol. The van der Waals surface area contributed by atoms with E-state index >= 15 is 0 Å². The standard InChI is InChI=1S/C18H30O3Si/c1-18(2,3)22(5,6)20-13-17-16(19-4)12-15(21-17)14-10-8-7-9-11-14/h7-11,15-17H,12-13H2,1-6H3/t15-,16-,17-/m0/s1. The SMILES string of the molecule is CO[C@H]1C[C@@H](c2ccccc2)O[C@H]1CO[Si](C)(C)C(C)(C)C. The Morgan fingerprint density at radius 2 is 1.82 bits per heavy atom. The quantitative estimate of drug-likeness (QED) is 0.744. The molecule has 124 valence electrons. The average molecular weight is 323 g/mol. The molecule has 1 heterocycles. The van der Waals surface area contributed by atoms with Crippen LogP contribution in [0.2, 0.25) is 18.1 Å². The summed E-state index contributed by atoms with van der Waals surface area (Å²) < 4.78 is 18.2. The molecule has 1 aliphatic rings. The highest BCUT2D eigenvalue weighted by atomic mass is 28.4. The second-order valence-electron chi connectivity index (χ2n) is 7.66. The number of benzene rings is 1. The van der Waals surface area contributed by atoms with Gasteiger partial charge in [0.15, 0.2) is 8.32 Å². The van der Waals surface area contributed by atoms with Crippen molar-refractivity contribution >= 4 is 8.32 Å². The van der Waals surface area contributed by atoms with Gasteiger partial charge < -0.3 is 13.9 Å². The summed E-state index contributed by atoms with van der Waals surface area (Å²) in [5.41, 5.74) is 1.22. The predicted molar refractivity (Wildman–Crippen MR) is 92.6 cm³/mol. The van der Waals surface area contributed by atoms with E-state index in [2.05, 4.69) is 58.1 Å². The zero-order valence-corrected chi connectivity index (χ0v) is 15.8. The van der Waals surface area contributed by atoms with Crippen LogP contribution in [0.25, 0.3) is 0 Å². The maximum atomic E-state index is 6.33. The number of hydrogen-bond acceptors (Lipinski definition) is 3. The van der Waals surface area contributed by atoms with Gasteiger partial charge in [-0.2, -0.15) is 0 Å². The largest absolute Gasteiger partial charge is 0.414 e. The second kappa shape index (κ2) is 6.83. The van der Waals surface area contributed by atoms with Gasteiger partial charge in [0.05, 0.1) is 18.8 Å². The molecule has 3 atom stereocenters. The highest BCUT2D eigenvalue weighted by molar-refractivity contribution is 6.74. The monoisotopic (exact) mass is 322 g/mol. The molecule has 22 heavy (non-hydrogen) atoms. The molecule has 0 N–H and O–H groups in total. The van der Waals surface area contributed by atoms with Crippen LogP contribution in [0.15, 0.2) is 30.3 Å². The Bertz CT molecular complexity index is 467. The fraction of sp³-hybridized carbons (Fsp3) is 0.667. The summed E-state index contributed by atoms with van der Waals surface area (Å²) in [6.45, 7) is 12.0. The molecule has 0 aromatic heterocycles. The maximum absolute atomic E-state index is 6.33. The molecule has 1 saturated heterocycles. The zero-order valence-electron chi connectivity index (χ0n) is 14.8. The van der Waals surface area contributed by atoms with Crippen LogP contribution in [0.5, 0.6) is 0 Å². The third-order valence-electron chi connectivity index (χ3n) is 5.09. The van der Waals surface area contributed by atoms with Crippen molar-refractivity contribution in [2.45, 2.75) is 63.6 Å². The predicted octanol–water partition coefficient (Wildman–Crippen LogP) is 4.55.